The summed E-state index contributed by atoms with van der Waals surface area (Å²) in [5, 5.41) is 9.11. The van der Waals surface area contributed by atoms with E-state index in [1.807, 2.05) is 54.3 Å². The fourth-order valence-electron chi connectivity index (χ4n) is 2.20. The Labute approximate surface area is 112 Å². The summed E-state index contributed by atoms with van der Waals surface area (Å²) < 4.78 is 5.44. The first-order valence-corrected chi connectivity index (χ1v) is 6.29. The molecule has 2 aromatic rings. The number of carboxylic acids is 1. The van der Waals surface area contributed by atoms with E-state index in [2.05, 4.69) is 0 Å². The summed E-state index contributed by atoms with van der Waals surface area (Å²) in [7, 11) is 0. The average molecular weight is 259 g/mol. The van der Waals surface area contributed by atoms with Crippen molar-refractivity contribution in [1.29, 1.82) is 0 Å². The van der Waals surface area contributed by atoms with E-state index in [0.717, 1.165) is 17.9 Å². The van der Waals surface area contributed by atoms with E-state index < -0.39 is 5.97 Å². The first-order valence-electron chi connectivity index (χ1n) is 6.29. The van der Waals surface area contributed by atoms with Gasteiger partial charge in [-0.1, -0.05) is 25.1 Å². The minimum atomic E-state index is -0.853. The highest BCUT2D eigenvalue weighted by atomic mass is 16.4. The van der Waals surface area contributed by atoms with Crippen LogP contribution in [0.5, 0.6) is 0 Å². The number of hydrogen-bond donors (Lipinski definition) is 1. The van der Waals surface area contributed by atoms with Crippen molar-refractivity contribution in [2.24, 2.45) is 0 Å². The van der Waals surface area contributed by atoms with E-state index >= 15 is 0 Å². The molecule has 1 aromatic carbocycles. The Morgan fingerprint density at radius 2 is 2.00 bits per heavy atom. The van der Waals surface area contributed by atoms with Gasteiger partial charge in [0.25, 0.3) is 0 Å². The summed E-state index contributed by atoms with van der Waals surface area (Å²) in [5.41, 5.74) is 0.883. The molecule has 0 saturated heterocycles. The van der Waals surface area contributed by atoms with Crippen LogP contribution < -0.4 is 4.90 Å². The molecule has 0 aliphatic carbocycles. The zero-order valence-electron chi connectivity index (χ0n) is 10.8. The molecule has 100 valence electrons. The second-order valence-electron chi connectivity index (χ2n) is 4.30. The summed E-state index contributed by atoms with van der Waals surface area (Å²) >= 11 is 0. The van der Waals surface area contributed by atoms with Gasteiger partial charge in [0.15, 0.2) is 0 Å². The number of carbonyl (C=O) groups is 1. The number of hydrogen-bond acceptors (Lipinski definition) is 3. The average Bonchev–Trinajstić information content (AvgIpc) is 2.93. The number of furan rings is 1. The molecule has 0 bridgehead atoms. The number of para-hydroxylation sites is 1. The lowest BCUT2D eigenvalue weighted by atomic mass is 10.1. The molecular weight excluding hydrogens is 242 g/mol. The summed E-state index contributed by atoms with van der Waals surface area (Å²) in [6, 6.07) is 13.2. The zero-order chi connectivity index (χ0) is 13.7. The molecule has 2 rings (SSSR count). The highest BCUT2D eigenvalue weighted by Gasteiger charge is 2.23. The zero-order valence-corrected chi connectivity index (χ0v) is 10.8. The highest BCUT2D eigenvalue weighted by molar-refractivity contribution is 5.74. The van der Waals surface area contributed by atoms with Gasteiger partial charge < -0.3 is 14.4 Å². The van der Waals surface area contributed by atoms with Gasteiger partial charge in [0.05, 0.1) is 12.3 Å². The first kappa shape index (κ1) is 13.2. The molecule has 0 fully saturated rings. The molecule has 4 nitrogen and oxygen atoms in total. The van der Waals surface area contributed by atoms with Crippen LogP contribution in [-0.4, -0.2) is 17.6 Å². The van der Waals surface area contributed by atoms with Gasteiger partial charge in [-0.05, 0) is 30.7 Å². The number of anilines is 1. The van der Waals surface area contributed by atoms with Crippen LogP contribution in [0.2, 0.25) is 0 Å². The molecule has 4 heteroatoms. The Bertz CT molecular complexity index is 507. The quantitative estimate of drug-likeness (QED) is 0.864. The minimum Gasteiger partial charge on any atom is -0.480 e. The lowest BCUT2D eigenvalue weighted by molar-refractivity contribution is -0.135. The fourth-order valence-corrected chi connectivity index (χ4v) is 2.20. The molecule has 1 atom stereocenters. The van der Waals surface area contributed by atoms with Gasteiger partial charge >= 0.3 is 5.97 Å². The molecular formula is C15H17NO3. The molecule has 0 aliphatic rings. The highest BCUT2D eigenvalue weighted by Crippen LogP contribution is 2.29. The molecule has 0 amide bonds. The Morgan fingerprint density at radius 3 is 2.53 bits per heavy atom. The van der Waals surface area contributed by atoms with Crippen LogP contribution in [0.1, 0.15) is 25.1 Å². The van der Waals surface area contributed by atoms with Crippen molar-refractivity contribution in [3.05, 3.63) is 54.5 Å². The van der Waals surface area contributed by atoms with E-state index in [4.69, 9.17) is 9.52 Å². The van der Waals surface area contributed by atoms with Crippen molar-refractivity contribution >= 4 is 11.7 Å². The lowest BCUT2D eigenvalue weighted by Crippen LogP contribution is -2.33. The molecule has 1 aromatic heterocycles. The third kappa shape index (κ3) is 3.16. The molecule has 19 heavy (non-hydrogen) atoms. The van der Waals surface area contributed by atoms with Crippen molar-refractivity contribution < 1.29 is 14.3 Å². The van der Waals surface area contributed by atoms with Crippen LogP contribution in [0.3, 0.4) is 0 Å². The van der Waals surface area contributed by atoms with Crippen molar-refractivity contribution in [2.45, 2.75) is 19.4 Å². The maximum absolute atomic E-state index is 11.1. The number of carboxylic acid groups (broad SMARTS) is 1. The largest absolute Gasteiger partial charge is 0.480 e. The molecule has 0 aliphatic heterocycles. The Morgan fingerprint density at radius 1 is 1.26 bits per heavy atom. The summed E-state index contributed by atoms with van der Waals surface area (Å²) in [6.07, 6.45) is 2.39. The number of aliphatic carboxylic acids is 1. The predicted molar refractivity (Wildman–Crippen MR) is 73.2 cm³/mol. The van der Waals surface area contributed by atoms with Gasteiger partial charge in [-0.25, -0.2) is 0 Å². The Hall–Kier alpha value is -2.23. The topological polar surface area (TPSA) is 53.7 Å². The van der Waals surface area contributed by atoms with Crippen molar-refractivity contribution in [3.8, 4) is 0 Å². The maximum Gasteiger partial charge on any atom is 0.323 e. The monoisotopic (exact) mass is 259 g/mol. The third-order valence-corrected chi connectivity index (χ3v) is 3.03. The minimum absolute atomic E-state index is 0.0524. The SMILES string of the molecule is CCC(c1ccco1)N(CC(=O)O)c1ccccc1. The van der Waals surface area contributed by atoms with Crippen LogP contribution in [0.4, 0.5) is 5.69 Å². The molecule has 0 radical (unpaired) electrons. The summed E-state index contributed by atoms with van der Waals surface area (Å²) in [6.45, 7) is 1.97. The van der Waals surface area contributed by atoms with E-state index in [0.29, 0.717) is 0 Å². The van der Waals surface area contributed by atoms with E-state index in [1.165, 1.54) is 0 Å². The van der Waals surface area contributed by atoms with Crippen LogP contribution >= 0.6 is 0 Å². The number of nitrogens with zero attached hydrogens (tertiary/aromatic N) is 1. The molecule has 1 unspecified atom stereocenters. The summed E-state index contributed by atoms with van der Waals surface area (Å²) in [5.74, 6) is -0.0681. The van der Waals surface area contributed by atoms with Crippen LogP contribution in [-0.2, 0) is 4.79 Å². The van der Waals surface area contributed by atoms with Gasteiger partial charge in [0.2, 0.25) is 0 Å². The van der Waals surface area contributed by atoms with E-state index in [-0.39, 0.29) is 12.6 Å². The molecule has 0 saturated carbocycles. The van der Waals surface area contributed by atoms with Crippen LogP contribution in [0.15, 0.2) is 53.1 Å². The normalized spacial score (nSPS) is 12.1. The van der Waals surface area contributed by atoms with Crippen molar-refractivity contribution in [1.82, 2.24) is 0 Å². The number of benzene rings is 1. The molecule has 1 N–H and O–H groups in total. The van der Waals surface area contributed by atoms with Gasteiger partial charge in [-0.2, -0.15) is 0 Å². The van der Waals surface area contributed by atoms with Crippen molar-refractivity contribution in [2.75, 3.05) is 11.4 Å². The fraction of sp³-hybridized carbons (Fsp3) is 0.267. The lowest BCUT2D eigenvalue weighted by Gasteiger charge is -2.30. The maximum atomic E-state index is 11.1. The molecule has 0 spiro atoms. The van der Waals surface area contributed by atoms with Gasteiger partial charge in [0, 0.05) is 5.69 Å². The second-order valence-corrected chi connectivity index (χ2v) is 4.30. The summed E-state index contributed by atoms with van der Waals surface area (Å²) in [4.78, 5) is 12.9. The third-order valence-electron chi connectivity index (χ3n) is 3.03. The first-order chi connectivity index (χ1) is 9.22. The molecule has 1 heterocycles. The number of rotatable bonds is 6. The Kier molecular flexibility index (Phi) is 4.23. The van der Waals surface area contributed by atoms with Crippen LogP contribution in [0.25, 0.3) is 0 Å². The van der Waals surface area contributed by atoms with E-state index in [1.54, 1.807) is 6.26 Å². The van der Waals surface area contributed by atoms with Gasteiger partial charge in [-0.3, -0.25) is 4.79 Å². The predicted octanol–water partition coefficient (Wildman–Crippen LogP) is 3.32. The van der Waals surface area contributed by atoms with E-state index in [9.17, 15) is 4.79 Å². The van der Waals surface area contributed by atoms with Gasteiger partial charge in [-0.15, -0.1) is 0 Å². The van der Waals surface area contributed by atoms with Gasteiger partial charge in [0.1, 0.15) is 12.3 Å². The smallest absolute Gasteiger partial charge is 0.323 e. The van der Waals surface area contributed by atoms with Crippen LogP contribution in [0, 0.1) is 0 Å². The second kappa shape index (κ2) is 6.09. The Balaban J connectivity index is 2.33. The van der Waals surface area contributed by atoms with Crippen molar-refractivity contribution in [3.63, 3.8) is 0 Å². The standard InChI is InChI=1S/C15H17NO3/c1-2-13(14-9-6-10-19-14)16(11-15(17)18)12-7-4-3-5-8-12/h3-10,13H,2,11H2,1H3,(H,17,18).